The van der Waals surface area contributed by atoms with Crippen LogP contribution in [-0.2, 0) is 19.6 Å². The largest absolute Gasteiger partial charge is 0.465 e. The summed E-state index contributed by atoms with van der Waals surface area (Å²) in [7, 11) is -2.28. The Kier molecular flexibility index (Phi) is 4.65. The lowest BCUT2D eigenvalue weighted by molar-refractivity contribution is -0.121. The van der Waals surface area contributed by atoms with Crippen molar-refractivity contribution in [2.75, 3.05) is 31.6 Å². The molecule has 24 heavy (non-hydrogen) atoms. The third-order valence-corrected chi connectivity index (χ3v) is 6.80. The Morgan fingerprint density at radius 2 is 2.12 bits per heavy atom. The zero-order valence-electron chi connectivity index (χ0n) is 13.2. The fourth-order valence-electron chi connectivity index (χ4n) is 3.29. The number of amides is 1. The molecule has 3 rings (SSSR count). The number of methoxy groups -OCH3 is 1. The summed E-state index contributed by atoms with van der Waals surface area (Å²) in [6, 6.07) is 1.27. The zero-order chi connectivity index (χ0) is 17.5. The van der Waals surface area contributed by atoms with E-state index in [1.54, 1.807) is 16.3 Å². The van der Waals surface area contributed by atoms with Crippen molar-refractivity contribution in [3.63, 3.8) is 0 Å². The smallest absolute Gasteiger partial charge is 0.340 e. The molecule has 1 aromatic heterocycles. The minimum atomic E-state index is -3.59. The Morgan fingerprint density at radius 3 is 2.75 bits per heavy atom. The summed E-state index contributed by atoms with van der Waals surface area (Å²) in [4.78, 5) is 28.0. The molecule has 2 atom stereocenters. The van der Waals surface area contributed by atoms with E-state index in [0.29, 0.717) is 36.5 Å². The van der Waals surface area contributed by atoms with Crippen molar-refractivity contribution >= 4 is 38.2 Å². The third kappa shape index (κ3) is 3.06. The maximum Gasteiger partial charge on any atom is 0.340 e. The summed E-state index contributed by atoms with van der Waals surface area (Å²) in [5.41, 5.74) is 0.375. The number of hydrogen-bond acceptors (Lipinski definition) is 7. The highest BCUT2D eigenvalue weighted by molar-refractivity contribution is 7.89. The standard InChI is InChI=1S/C14H19N3O5S2/c1-22-14(19)10-4-7-23-13(10)17-6-3-11(12(17)18)16-5-2-9(8-16)24(15,20)21/h4,7,9,11H,2-3,5-6,8H2,1H3,(H2,15,20,21)/t9-,11-/m1/s1. The van der Waals surface area contributed by atoms with E-state index in [9.17, 15) is 18.0 Å². The van der Waals surface area contributed by atoms with Gasteiger partial charge in [-0.15, -0.1) is 11.3 Å². The molecule has 2 aliphatic heterocycles. The molecule has 0 saturated carbocycles. The average molecular weight is 373 g/mol. The predicted molar refractivity (Wildman–Crippen MR) is 89.5 cm³/mol. The number of nitrogens with two attached hydrogens (primary N) is 1. The minimum Gasteiger partial charge on any atom is -0.465 e. The van der Waals surface area contributed by atoms with Crippen molar-refractivity contribution in [3.8, 4) is 0 Å². The normalized spacial score (nSPS) is 25.4. The topological polar surface area (TPSA) is 110 Å². The minimum absolute atomic E-state index is 0.113. The second-order valence-corrected chi connectivity index (χ2v) is 8.66. The molecule has 8 nitrogen and oxygen atoms in total. The lowest BCUT2D eigenvalue weighted by Gasteiger charge is -2.23. The predicted octanol–water partition coefficient (Wildman–Crippen LogP) is 0.00280. The Balaban J connectivity index is 1.75. The van der Waals surface area contributed by atoms with Gasteiger partial charge in [-0.1, -0.05) is 0 Å². The summed E-state index contributed by atoms with van der Waals surface area (Å²) in [6.45, 7) is 1.29. The number of nitrogens with zero attached hydrogens (tertiary/aromatic N) is 2. The maximum absolute atomic E-state index is 12.8. The van der Waals surface area contributed by atoms with E-state index in [1.165, 1.54) is 18.4 Å². The third-order valence-electron chi connectivity index (χ3n) is 4.55. The number of anilines is 1. The van der Waals surface area contributed by atoms with Crippen molar-refractivity contribution in [2.24, 2.45) is 5.14 Å². The molecule has 0 unspecified atom stereocenters. The molecule has 0 bridgehead atoms. The first-order valence-corrected chi connectivity index (χ1v) is 10.0. The Labute approximate surface area is 144 Å². The van der Waals surface area contributed by atoms with E-state index in [4.69, 9.17) is 9.88 Å². The van der Waals surface area contributed by atoms with Crippen molar-refractivity contribution in [1.29, 1.82) is 0 Å². The van der Waals surface area contributed by atoms with E-state index in [1.807, 2.05) is 4.90 Å². The number of rotatable bonds is 4. The van der Waals surface area contributed by atoms with Crippen LogP contribution >= 0.6 is 11.3 Å². The highest BCUT2D eigenvalue weighted by atomic mass is 32.2. The van der Waals surface area contributed by atoms with E-state index < -0.39 is 21.2 Å². The number of hydrogen-bond donors (Lipinski definition) is 1. The molecule has 0 spiro atoms. The second-order valence-electron chi connectivity index (χ2n) is 5.92. The van der Waals surface area contributed by atoms with Crippen LogP contribution in [0.2, 0.25) is 0 Å². The molecule has 10 heteroatoms. The lowest BCUT2D eigenvalue weighted by Crippen LogP contribution is -2.42. The van der Waals surface area contributed by atoms with Gasteiger partial charge in [-0.25, -0.2) is 18.4 Å². The quantitative estimate of drug-likeness (QED) is 0.744. The van der Waals surface area contributed by atoms with Gasteiger partial charge in [-0.05, 0) is 24.3 Å². The van der Waals surface area contributed by atoms with Gasteiger partial charge in [0.1, 0.15) is 5.00 Å². The molecule has 2 saturated heterocycles. The fourth-order valence-corrected chi connectivity index (χ4v) is 5.04. The summed E-state index contributed by atoms with van der Waals surface area (Å²) in [6.07, 6.45) is 1.03. The summed E-state index contributed by atoms with van der Waals surface area (Å²) < 4.78 is 27.7. The molecule has 2 N–H and O–H groups in total. The van der Waals surface area contributed by atoms with E-state index in [0.717, 1.165) is 0 Å². The first kappa shape index (κ1) is 17.3. The highest BCUT2D eigenvalue weighted by Crippen LogP contribution is 2.34. The van der Waals surface area contributed by atoms with Gasteiger partial charge in [-0.2, -0.15) is 0 Å². The van der Waals surface area contributed by atoms with Crippen molar-refractivity contribution in [1.82, 2.24) is 4.90 Å². The van der Waals surface area contributed by atoms with Gasteiger partial charge in [-0.3, -0.25) is 9.69 Å². The summed E-state index contributed by atoms with van der Waals surface area (Å²) in [5, 5.41) is 6.92. The van der Waals surface area contributed by atoms with Gasteiger partial charge in [0.05, 0.1) is 24.0 Å². The zero-order valence-corrected chi connectivity index (χ0v) is 14.8. The maximum atomic E-state index is 12.8. The number of carbonyl (C=O) groups excluding carboxylic acids is 2. The number of primary sulfonamides is 1. The fraction of sp³-hybridized carbons (Fsp3) is 0.571. The number of ether oxygens (including phenoxy) is 1. The number of esters is 1. The molecular weight excluding hydrogens is 354 g/mol. The van der Waals surface area contributed by atoms with Crippen LogP contribution in [0, 0.1) is 0 Å². The van der Waals surface area contributed by atoms with Gasteiger partial charge in [0.25, 0.3) is 0 Å². The van der Waals surface area contributed by atoms with Crippen molar-refractivity contribution < 1.29 is 22.7 Å². The van der Waals surface area contributed by atoms with Gasteiger partial charge in [0.2, 0.25) is 15.9 Å². The number of thiophene rings is 1. The van der Waals surface area contributed by atoms with Crippen LogP contribution in [0.3, 0.4) is 0 Å². The van der Waals surface area contributed by atoms with Crippen LogP contribution in [0.5, 0.6) is 0 Å². The van der Waals surface area contributed by atoms with Crippen molar-refractivity contribution in [3.05, 3.63) is 17.0 Å². The molecule has 2 fully saturated rings. The van der Waals surface area contributed by atoms with Crippen LogP contribution in [0.15, 0.2) is 11.4 Å². The molecule has 0 radical (unpaired) electrons. The van der Waals surface area contributed by atoms with Crippen LogP contribution in [0.4, 0.5) is 5.00 Å². The second kappa shape index (κ2) is 6.43. The monoisotopic (exact) mass is 373 g/mol. The molecule has 132 valence electrons. The number of sulfonamides is 1. The lowest BCUT2D eigenvalue weighted by atomic mass is 10.2. The van der Waals surface area contributed by atoms with Crippen LogP contribution in [0.1, 0.15) is 23.2 Å². The summed E-state index contributed by atoms with van der Waals surface area (Å²) in [5.74, 6) is -0.587. The van der Waals surface area contributed by atoms with Crippen LogP contribution < -0.4 is 10.0 Å². The van der Waals surface area contributed by atoms with Crippen molar-refractivity contribution in [2.45, 2.75) is 24.1 Å². The average Bonchev–Trinajstić information content (AvgIpc) is 3.23. The van der Waals surface area contributed by atoms with Gasteiger partial charge in [0.15, 0.2) is 0 Å². The Hall–Kier alpha value is -1.49. The van der Waals surface area contributed by atoms with Crippen LogP contribution in [0.25, 0.3) is 0 Å². The molecule has 1 amide bonds. The molecule has 1 aromatic rings. The van der Waals surface area contributed by atoms with Gasteiger partial charge >= 0.3 is 5.97 Å². The molecule has 3 heterocycles. The van der Waals surface area contributed by atoms with Gasteiger partial charge in [0, 0.05) is 19.6 Å². The Morgan fingerprint density at radius 1 is 1.38 bits per heavy atom. The highest BCUT2D eigenvalue weighted by Gasteiger charge is 2.42. The van der Waals surface area contributed by atoms with E-state index in [2.05, 4.69) is 0 Å². The van der Waals surface area contributed by atoms with E-state index >= 15 is 0 Å². The number of carbonyl (C=O) groups is 2. The molecular formula is C14H19N3O5S2. The molecule has 0 aliphatic carbocycles. The van der Waals surface area contributed by atoms with E-state index in [-0.39, 0.29) is 18.5 Å². The SMILES string of the molecule is COC(=O)c1ccsc1N1CC[C@@H](N2CC[C@@H](S(N)(=O)=O)C2)C1=O. The number of likely N-dealkylation sites (tertiary alicyclic amines) is 1. The van der Waals surface area contributed by atoms with Gasteiger partial charge < -0.3 is 9.64 Å². The molecule has 0 aromatic carbocycles. The molecule has 2 aliphatic rings. The summed E-state index contributed by atoms with van der Waals surface area (Å²) >= 11 is 1.31. The van der Waals surface area contributed by atoms with Crippen LogP contribution in [-0.4, -0.2) is 63.2 Å². The first-order chi connectivity index (χ1) is 11.3. The Bertz CT molecular complexity index is 760. The first-order valence-electron chi connectivity index (χ1n) is 7.55.